The summed E-state index contributed by atoms with van der Waals surface area (Å²) in [4.78, 5) is 2.08. The van der Waals surface area contributed by atoms with E-state index in [1.54, 1.807) is 7.11 Å². The Kier molecular flexibility index (Phi) is 6.09. The molecule has 0 radical (unpaired) electrons. The van der Waals surface area contributed by atoms with Crippen LogP contribution in [0.15, 0.2) is 24.3 Å². The van der Waals surface area contributed by atoms with Crippen molar-refractivity contribution in [2.24, 2.45) is 0 Å². The van der Waals surface area contributed by atoms with Crippen LogP contribution in [0.2, 0.25) is 0 Å². The highest BCUT2D eigenvalue weighted by atomic mass is 16.5. The van der Waals surface area contributed by atoms with Gasteiger partial charge in [-0.25, -0.2) is 0 Å². The Hall–Kier alpha value is -1.26. The van der Waals surface area contributed by atoms with E-state index >= 15 is 0 Å². The quantitative estimate of drug-likeness (QED) is 0.820. The average Bonchev–Trinajstić information content (AvgIpc) is 2.72. The lowest BCUT2D eigenvalue weighted by molar-refractivity contribution is -0.0792. The number of benzene rings is 1. The molecule has 22 heavy (non-hydrogen) atoms. The van der Waals surface area contributed by atoms with E-state index in [-0.39, 0.29) is 6.10 Å². The first kappa shape index (κ1) is 17.1. The van der Waals surface area contributed by atoms with Crippen LogP contribution in [0, 0.1) is 0 Å². The van der Waals surface area contributed by atoms with E-state index in [0.717, 1.165) is 37.2 Å². The third kappa shape index (κ3) is 4.62. The lowest BCUT2D eigenvalue weighted by Crippen LogP contribution is -2.50. The summed E-state index contributed by atoms with van der Waals surface area (Å²) in [6, 6.07) is 7.61. The van der Waals surface area contributed by atoms with Crippen molar-refractivity contribution in [3.63, 3.8) is 0 Å². The number of hydrogen-bond acceptors (Lipinski definition) is 4. The molecule has 1 fully saturated rings. The number of nitrogens with zero attached hydrogens (tertiary/aromatic N) is 1. The molecule has 1 saturated carbocycles. The summed E-state index contributed by atoms with van der Waals surface area (Å²) in [6.07, 6.45) is 5.95. The van der Waals surface area contributed by atoms with Crippen LogP contribution in [0.1, 0.15) is 38.5 Å². The number of rotatable bonds is 6. The molecule has 1 atom stereocenters. The minimum Gasteiger partial charge on any atom is -0.497 e. The van der Waals surface area contributed by atoms with Crippen molar-refractivity contribution < 1.29 is 14.6 Å². The Morgan fingerprint density at radius 1 is 1.14 bits per heavy atom. The van der Waals surface area contributed by atoms with Gasteiger partial charge in [0, 0.05) is 12.6 Å². The SMILES string of the molecule is COc1cccc(OC(CN(C)C)C2(O)CCCCCC2)c1. The van der Waals surface area contributed by atoms with Crippen LogP contribution in [0.3, 0.4) is 0 Å². The molecule has 0 saturated heterocycles. The number of hydrogen-bond donors (Lipinski definition) is 1. The van der Waals surface area contributed by atoms with Crippen molar-refractivity contribution in [2.75, 3.05) is 27.7 Å². The Morgan fingerprint density at radius 3 is 2.36 bits per heavy atom. The smallest absolute Gasteiger partial charge is 0.140 e. The van der Waals surface area contributed by atoms with Gasteiger partial charge in [-0.3, -0.25) is 0 Å². The predicted molar refractivity (Wildman–Crippen MR) is 88.6 cm³/mol. The molecule has 1 aliphatic carbocycles. The van der Waals surface area contributed by atoms with Gasteiger partial charge in [-0.2, -0.15) is 0 Å². The molecule has 0 heterocycles. The zero-order valence-electron chi connectivity index (χ0n) is 14.0. The summed E-state index contributed by atoms with van der Waals surface area (Å²) < 4.78 is 11.4. The van der Waals surface area contributed by atoms with Crippen LogP contribution in [-0.2, 0) is 0 Å². The lowest BCUT2D eigenvalue weighted by Gasteiger charge is -2.37. The van der Waals surface area contributed by atoms with Crippen LogP contribution in [-0.4, -0.2) is 49.5 Å². The third-order valence-corrected chi connectivity index (χ3v) is 4.42. The molecule has 1 aliphatic rings. The van der Waals surface area contributed by atoms with Crippen molar-refractivity contribution in [1.29, 1.82) is 0 Å². The van der Waals surface area contributed by atoms with E-state index in [0.29, 0.717) is 6.54 Å². The predicted octanol–water partition coefficient (Wildman–Crippen LogP) is 3.09. The van der Waals surface area contributed by atoms with Gasteiger partial charge in [-0.15, -0.1) is 0 Å². The van der Waals surface area contributed by atoms with Gasteiger partial charge in [0.25, 0.3) is 0 Å². The summed E-state index contributed by atoms with van der Waals surface area (Å²) in [6.45, 7) is 0.702. The van der Waals surface area contributed by atoms with Gasteiger partial charge in [0.2, 0.25) is 0 Å². The van der Waals surface area contributed by atoms with Crippen molar-refractivity contribution in [2.45, 2.75) is 50.2 Å². The molecule has 0 spiro atoms. The maximum atomic E-state index is 11.2. The zero-order chi connectivity index (χ0) is 16.0. The maximum absolute atomic E-state index is 11.2. The zero-order valence-corrected chi connectivity index (χ0v) is 14.0. The van der Waals surface area contributed by atoms with Crippen molar-refractivity contribution in [3.8, 4) is 11.5 Å². The highest BCUT2D eigenvalue weighted by Crippen LogP contribution is 2.33. The summed E-state index contributed by atoms with van der Waals surface area (Å²) >= 11 is 0. The molecule has 1 aromatic carbocycles. The Bertz CT molecular complexity index is 453. The fourth-order valence-electron chi connectivity index (χ4n) is 3.15. The fourth-order valence-corrected chi connectivity index (χ4v) is 3.15. The van der Waals surface area contributed by atoms with Crippen LogP contribution in [0.5, 0.6) is 11.5 Å². The van der Waals surface area contributed by atoms with Gasteiger partial charge >= 0.3 is 0 Å². The fraction of sp³-hybridized carbons (Fsp3) is 0.667. The maximum Gasteiger partial charge on any atom is 0.140 e. The van der Waals surface area contributed by atoms with Gasteiger partial charge in [0.05, 0.1) is 7.11 Å². The second-order valence-electron chi connectivity index (χ2n) is 6.57. The van der Waals surface area contributed by atoms with Gasteiger partial charge in [0.1, 0.15) is 23.2 Å². The van der Waals surface area contributed by atoms with Crippen LogP contribution < -0.4 is 9.47 Å². The molecule has 124 valence electrons. The minimum atomic E-state index is -0.746. The minimum absolute atomic E-state index is 0.229. The van der Waals surface area contributed by atoms with Crippen molar-refractivity contribution in [3.05, 3.63) is 24.3 Å². The number of aliphatic hydroxyl groups is 1. The highest BCUT2D eigenvalue weighted by Gasteiger charge is 2.39. The first-order valence-corrected chi connectivity index (χ1v) is 8.21. The topological polar surface area (TPSA) is 41.9 Å². The molecule has 1 N–H and O–H groups in total. The summed E-state index contributed by atoms with van der Waals surface area (Å²) in [5, 5.41) is 11.2. The van der Waals surface area contributed by atoms with E-state index < -0.39 is 5.60 Å². The Labute approximate surface area is 134 Å². The standard InChI is InChI=1S/C18H29NO3/c1-19(2)14-17(18(20)11-6-4-5-7-12-18)22-16-10-8-9-15(13-16)21-3/h8-10,13,17,20H,4-7,11-12,14H2,1-3H3. The Morgan fingerprint density at radius 2 is 1.77 bits per heavy atom. The molecular formula is C18H29NO3. The molecule has 4 heteroatoms. The first-order valence-electron chi connectivity index (χ1n) is 8.21. The van der Waals surface area contributed by atoms with E-state index in [2.05, 4.69) is 4.90 Å². The number of methoxy groups -OCH3 is 1. The second kappa shape index (κ2) is 7.84. The molecule has 2 rings (SSSR count). The molecule has 0 amide bonds. The largest absolute Gasteiger partial charge is 0.497 e. The molecule has 1 aromatic rings. The van der Waals surface area contributed by atoms with Gasteiger partial charge in [-0.1, -0.05) is 31.7 Å². The van der Waals surface area contributed by atoms with Crippen LogP contribution in [0.25, 0.3) is 0 Å². The number of ether oxygens (including phenoxy) is 2. The van der Waals surface area contributed by atoms with E-state index in [1.165, 1.54) is 12.8 Å². The third-order valence-electron chi connectivity index (χ3n) is 4.42. The normalized spacial score (nSPS) is 19.5. The molecule has 0 bridgehead atoms. The molecule has 1 unspecified atom stereocenters. The van der Waals surface area contributed by atoms with E-state index in [9.17, 15) is 5.11 Å². The summed E-state index contributed by atoms with van der Waals surface area (Å²) in [7, 11) is 5.68. The van der Waals surface area contributed by atoms with E-state index in [1.807, 2.05) is 38.4 Å². The average molecular weight is 307 g/mol. The summed E-state index contributed by atoms with van der Waals surface area (Å²) in [5.41, 5.74) is -0.746. The van der Waals surface area contributed by atoms with Gasteiger partial charge < -0.3 is 19.5 Å². The van der Waals surface area contributed by atoms with E-state index in [4.69, 9.17) is 9.47 Å². The molecule has 0 aromatic heterocycles. The molecule has 0 aliphatic heterocycles. The van der Waals surface area contributed by atoms with Crippen LogP contribution >= 0.6 is 0 Å². The van der Waals surface area contributed by atoms with Crippen molar-refractivity contribution >= 4 is 0 Å². The second-order valence-corrected chi connectivity index (χ2v) is 6.57. The first-order chi connectivity index (χ1) is 10.5. The highest BCUT2D eigenvalue weighted by molar-refractivity contribution is 5.33. The van der Waals surface area contributed by atoms with Crippen LogP contribution in [0.4, 0.5) is 0 Å². The van der Waals surface area contributed by atoms with Gasteiger partial charge in [-0.05, 0) is 39.1 Å². The summed E-state index contributed by atoms with van der Waals surface area (Å²) in [5.74, 6) is 1.53. The lowest BCUT2D eigenvalue weighted by atomic mass is 9.88. The molecular weight excluding hydrogens is 278 g/mol. The van der Waals surface area contributed by atoms with Gasteiger partial charge in [0.15, 0.2) is 0 Å². The molecule has 4 nitrogen and oxygen atoms in total. The van der Waals surface area contributed by atoms with Crippen molar-refractivity contribution in [1.82, 2.24) is 4.90 Å². The number of likely N-dealkylation sites (N-methyl/N-ethyl adjacent to an activating group) is 1. The Balaban J connectivity index is 2.17. The monoisotopic (exact) mass is 307 g/mol.